The molecule has 0 radical (unpaired) electrons. The highest BCUT2D eigenvalue weighted by molar-refractivity contribution is 9.10. The third-order valence-electron chi connectivity index (χ3n) is 1.94. The highest BCUT2D eigenvalue weighted by atomic mass is 79.9. The highest BCUT2D eigenvalue weighted by Crippen LogP contribution is 2.20. The molecule has 0 atom stereocenters. The number of nitrogens with one attached hydrogen (secondary N) is 1. The van der Waals surface area contributed by atoms with E-state index in [0.29, 0.717) is 10.0 Å². The normalized spacial score (nSPS) is 10.1. The highest BCUT2D eigenvalue weighted by Gasteiger charge is 2.10. The molecule has 0 aromatic heterocycles. The van der Waals surface area contributed by atoms with Crippen LogP contribution in [0.3, 0.4) is 0 Å². The number of hydrogen-bond acceptors (Lipinski definition) is 2. The van der Waals surface area contributed by atoms with Crippen LogP contribution in [0.15, 0.2) is 16.6 Å². The second-order valence-corrected chi connectivity index (χ2v) is 3.90. The van der Waals surface area contributed by atoms with Gasteiger partial charge in [0.05, 0.1) is 6.61 Å². The lowest BCUT2D eigenvalue weighted by Gasteiger charge is -2.06. The molecule has 1 amide bonds. The Morgan fingerprint density at radius 1 is 1.60 bits per heavy atom. The fourth-order valence-corrected chi connectivity index (χ4v) is 1.48. The molecule has 5 heteroatoms. The van der Waals surface area contributed by atoms with Crippen molar-refractivity contribution in [3.63, 3.8) is 0 Å². The van der Waals surface area contributed by atoms with E-state index in [1.165, 1.54) is 6.07 Å². The van der Waals surface area contributed by atoms with E-state index in [1.54, 1.807) is 13.0 Å². The first kappa shape index (κ1) is 12.1. The number of halogens is 2. The van der Waals surface area contributed by atoms with Crippen LogP contribution in [0.25, 0.3) is 0 Å². The van der Waals surface area contributed by atoms with Crippen molar-refractivity contribution in [1.29, 1.82) is 0 Å². The van der Waals surface area contributed by atoms with Crippen molar-refractivity contribution in [2.45, 2.75) is 6.92 Å². The van der Waals surface area contributed by atoms with E-state index < -0.39 is 11.7 Å². The van der Waals surface area contributed by atoms with Crippen molar-refractivity contribution in [2.24, 2.45) is 0 Å². The van der Waals surface area contributed by atoms with Gasteiger partial charge in [-0.1, -0.05) is 15.9 Å². The van der Waals surface area contributed by atoms with Crippen LogP contribution in [-0.2, 0) is 0 Å². The fourth-order valence-electron chi connectivity index (χ4n) is 1.05. The minimum atomic E-state index is -0.432. The fraction of sp³-hybridized carbons (Fsp3) is 0.300. The van der Waals surface area contributed by atoms with Gasteiger partial charge in [0.1, 0.15) is 5.82 Å². The van der Waals surface area contributed by atoms with Crippen molar-refractivity contribution < 1.29 is 14.3 Å². The Hall–Kier alpha value is -0.940. The summed E-state index contributed by atoms with van der Waals surface area (Å²) >= 11 is 3.16. The van der Waals surface area contributed by atoms with Crippen LogP contribution >= 0.6 is 15.9 Å². The lowest BCUT2D eigenvalue weighted by Crippen LogP contribution is -2.26. The van der Waals surface area contributed by atoms with Gasteiger partial charge in [0, 0.05) is 16.6 Å². The molecule has 15 heavy (non-hydrogen) atoms. The summed E-state index contributed by atoms with van der Waals surface area (Å²) in [7, 11) is 0. The van der Waals surface area contributed by atoms with Crippen molar-refractivity contribution in [2.75, 3.05) is 13.2 Å². The zero-order chi connectivity index (χ0) is 11.4. The molecular formula is C10H11BrFNO2. The Morgan fingerprint density at radius 2 is 2.27 bits per heavy atom. The minimum Gasteiger partial charge on any atom is -0.395 e. The third kappa shape index (κ3) is 3.00. The number of amides is 1. The number of benzene rings is 1. The van der Waals surface area contributed by atoms with Gasteiger partial charge in [0.25, 0.3) is 5.91 Å². The average Bonchev–Trinajstić information content (AvgIpc) is 2.21. The van der Waals surface area contributed by atoms with Crippen molar-refractivity contribution in [3.05, 3.63) is 33.5 Å². The quantitative estimate of drug-likeness (QED) is 0.881. The summed E-state index contributed by atoms with van der Waals surface area (Å²) in [5.41, 5.74) is 0.701. The molecule has 0 saturated heterocycles. The van der Waals surface area contributed by atoms with E-state index in [1.807, 2.05) is 0 Å². The molecule has 0 fully saturated rings. The molecule has 0 spiro atoms. The van der Waals surface area contributed by atoms with Gasteiger partial charge in [0.15, 0.2) is 0 Å². The first-order chi connectivity index (χ1) is 7.06. The van der Waals surface area contributed by atoms with Crippen molar-refractivity contribution in [3.8, 4) is 0 Å². The first-order valence-electron chi connectivity index (χ1n) is 4.41. The Labute approximate surface area is 95.4 Å². The van der Waals surface area contributed by atoms with Crippen LogP contribution in [0.4, 0.5) is 4.39 Å². The number of aliphatic hydroxyl groups excluding tert-OH is 1. The maximum atomic E-state index is 13.3. The van der Waals surface area contributed by atoms with E-state index >= 15 is 0 Å². The summed E-state index contributed by atoms with van der Waals surface area (Å²) in [6, 6.07) is 2.72. The monoisotopic (exact) mass is 275 g/mol. The predicted octanol–water partition coefficient (Wildman–Crippen LogP) is 1.62. The maximum Gasteiger partial charge on any atom is 0.251 e. The molecule has 82 valence electrons. The summed E-state index contributed by atoms with van der Waals surface area (Å²) in [6.45, 7) is 1.64. The van der Waals surface area contributed by atoms with Crippen LogP contribution in [0.1, 0.15) is 15.9 Å². The lowest BCUT2D eigenvalue weighted by atomic mass is 10.1. The number of carbonyl (C=O) groups excluding carboxylic acids is 1. The Bertz CT molecular complexity index is 359. The van der Waals surface area contributed by atoms with E-state index in [0.717, 1.165) is 0 Å². The molecule has 0 heterocycles. The molecule has 0 unspecified atom stereocenters. The molecule has 0 bridgehead atoms. The summed E-state index contributed by atoms with van der Waals surface area (Å²) < 4.78 is 13.8. The van der Waals surface area contributed by atoms with E-state index in [-0.39, 0.29) is 18.7 Å². The van der Waals surface area contributed by atoms with Gasteiger partial charge in [-0.3, -0.25) is 4.79 Å². The maximum absolute atomic E-state index is 13.3. The molecule has 3 nitrogen and oxygen atoms in total. The standard InChI is InChI=1S/C10H11BrFNO2/c1-6-8(11)4-7(5-9(6)12)10(15)13-2-3-14/h4-5,14H,2-3H2,1H3,(H,13,15). The zero-order valence-corrected chi connectivity index (χ0v) is 9.77. The number of aliphatic hydroxyl groups is 1. The van der Waals surface area contributed by atoms with Crippen LogP contribution in [0, 0.1) is 12.7 Å². The van der Waals surface area contributed by atoms with Gasteiger partial charge in [-0.2, -0.15) is 0 Å². The Morgan fingerprint density at radius 3 is 2.80 bits per heavy atom. The van der Waals surface area contributed by atoms with Crippen molar-refractivity contribution >= 4 is 21.8 Å². The lowest BCUT2D eigenvalue weighted by molar-refractivity contribution is 0.0944. The van der Waals surface area contributed by atoms with E-state index in [4.69, 9.17) is 5.11 Å². The summed E-state index contributed by atoms with van der Waals surface area (Å²) in [6.07, 6.45) is 0. The molecular weight excluding hydrogens is 265 g/mol. The molecule has 0 aliphatic rings. The Balaban J connectivity index is 2.91. The van der Waals surface area contributed by atoms with Crippen LogP contribution in [0.5, 0.6) is 0 Å². The van der Waals surface area contributed by atoms with Crippen molar-refractivity contribution in [1.82, 2.24) is 5.32 Å². The second-order valence-electron chi connectivity index (χ2n) is 3.04. The van der Waals surface area contributed by atoms with Gasteiger partial charge in [-0.25, -0.2) is 4.39 Å². The smallest absolute Gasteiger partial charge is 0.251 e. The summed E-state index contributed by atoms with van der Waals surface area (Å²) in [4.78, 5) is 11.4. The van der Waals surface area contributed by atoms with Gasteiger partial charge in [-0.05, 0) is 24.6 Å². The topological polar surface area (TPSA) is 49.3 Å². The van der Waals surface area contributed by atoms with E-state index in [2.05, 4.69) is 21.2 Å². The molecule has 1 rings (SSSR count). The van der Waals surface area contributed by atoms with Crippen LogP contribution in [-0.4, -0.2) is 24.2 Å². The average molecular weight is 276 g/mol. The molecule has 0 aliphatic heterocycles. The largest absolute Gasteiger partial charge is 0.395 e. The van der Waals surface area contributed by atoms with Crippen LogP contribution < -0.4 is 5.32 Å². The van der Waals surface area contributed by atoms with Gasteiger partial charge in [0.2, 0.25) is 0 Å². The third-order valence-corrected chi connectivity index (χ3v) is 2.76. The SMILES string of the molecule is Cc1c(F)cc(C(=O)NCCO)cc1Br. The molecule has 2 N–H and O–H groups in total. The molecule has 0 aliphatic carbocycles. The summed E-state index contributed by atoms with van der Waals surface area (Å²) in [5.74, 6) is -0.831. The van der Waals surface area contributed by atoms with Gasteiger partial charge < -0.3 is 10.4 Å². The van der Waals surface area contributed by atoms with Gasteiger partial charge in [-0.15, -0.1) is 0 Å². The molecule has 1 aromatic rings. The molecule has 0 saturated carbocycles. The summed E-state index contributed by atoms with van der Waals surface area (Å²) in [5, 5.41) is 11.0. The number of carbonyl (C=O) groups is 1. The Kier molecular flexibility index (Phi) is 4.23. The molecule has 1 aromatic carbocycles. The zero-order valence-electron chi connectivity index (χ0n) is 8.18. The number of rotatable bonds is 3. The predicted molar refractivity (Wildman–Crippen MR) is 58.3 cm³/mol. The first-order valence-corrected chi connectivity index (χ1v) is 5.20. The number of hydrogen-bond donors (Lipinski definition) is 2. The minimum absolute atomic E-state index is 0.138. The second kappa shape index (κ2) is 5.23. The van der Waals surface area contributed by atoms with Crippen LogP contribution in [0.2, 0.25) is 0 Å². The van der Waals surface area contributed by atoms with Gasteiger partial charge >= 0.3 is 0 Å². The van der Waals surface area contributed by atoms with E-state index in [9.17, 15) is 9.18 Å².